The van der Waals surface area contributed by atoms with Crippen LogP contribution in [0.4, 0.5) is 0 Å². The van der Waals surface area contributed by atoms with Crippen LogP contribution in [0.3, 0.4) is 0 Å². The van der Waals surface area contributed by atoms with Crippen molar-refractivity contribution in [2.24, 2.45) is 11.8 Å². The van der Waals surface area contributed by atoms with Gasteiger partial charge in [-0.25, -0.2) is 0 Å². The molecule has 0 aliphatic rings. The van der Waals surface area contributed by atoms with Crippen LogP contribution in [0.5, 0.6) is 0 Å². The van der Waals surface area contributed by atoms with E-state index in [0.29, 0.717) is 12.0 Å². The van der Waals surface area contributed by atoms with Crippen molar-refractivity contribution in [1.29, 1.82) is 0 Å². The van der Waals surface area contributed by atoms with E-state index in [1.165, 1.54) is 34.8 Å². The third-order valence-electron chi connectivity index (χ3n) is 3.60. The molecular weight excluding hydrogens is 335 g/mol. The van der Waals surface area contributed by atoms with E-state index >= 15 is 0 Å². The van der Waals surface area contributed by atoms with Crippen LogP contribution in [0.15, 0.2) is 24.3 Å². The van der Waals surface area contributed by atoms with Crippen LogP contribution in [-0.2, 0) is 6.42 Å². The zero-order valence-corrected chi connectivity index (χ0v) is 13.6. The Morgan fingerprint density at radius 3 is 2.39 bits per heavy atom. The molecule has 102 valence electrons. The van der Waals surface area contributed by atoms with Crippen molar-refractivity contribution in [3.05, 3.63) is 33.4 Å². The van der Waals surface area contributed by atoms with Gasteiger partial charge < -0.3 is 0 Å². The highest BCUT2D eigenvalue weighted by atomic mass is 127. The van der Waals surface area contributed by atoms with E-state index in [1.807, 2.05) is 0 Å². The van der Waals surface area contributed by atoms with Crippen molar-refractivity contribution < 1.29 is 0 Å². The van der Waals surface area contributed by atoms with Gasteiger partial charge in [-0.2, -0.15) is 0 Å². The third kappa shape index (κ3) is 5.24. The van der Waals surface area contributed by atoms with E-state index in [-0.39, 0.29) is 0 Å². The molecule has 0 aliphatic heterocycles. The SMILES string of the molecule is CCCCC(CC)C(Cc1ccc(I)cc1)NN. The van der Waals surface area contributed by atoms with Crippen LogP contribution in [0.2, 0.25) is 0 Å². The first-order valence-corrected chi connectivity index (χ1v) is 7.99. The Morgan fingerprint density at radius 1 is 1.22 bits per heavy atom. The van der Waals surface area contributed by atoms with Gasteiger partial charge in [-0.15, -0.1) is 0 Å². The molecule has 0 spiro atoms. The van der Waals surface area contributed by atoms with Crippen LogP contribution in [0.1, 0.15) is 45.1 Å². The molecule has 0 aromatic heterocycles. The largest absolute Gasteiger partial charge is 0.271 e. The Labute approximate surface area is 125 Å². The highest BCUT2D eigenvalue weighted by molar-refractivity contribution is 14.1. The number of rotatable bonds is 8. The Hall–Kier alpha value is -0.130. The van der Waals surface area contributed by atoms with Crippen molar-refractivity contribution in [3.63, 3.8) is 0 Å². The summed E-state index contributed by atoms with van der Waals surface area (Å²) in [7, 11) is 0. The predicted octanol–water partition coefficient (Wildman–Crippen LogP) is 3.88. The Kier molecular flexibility index (Phi) is 7.86. The van der Waals surface area contributed by atoms with Gasteiger partial charge in [0.2, 0.25) is 0 Å². The second kappa shape index (κ2) is 8.88. The van der Waals surface area contributed by atoms with Gasteiger partial charge in [0.15, 0.2) is 0 Å². The minimum atomic E-state index is 0.390. The van der Waals surface area contributed by atoms with Gasteiger partial charge in [0, 0.05) is 9.61 Å². The summed E-state index contributed by atoms with van der Waals surface area (Å²) in [5, 5.41) is 0. The number of nitrogens with one attached hydrogen (secondary N) is 1. The van der Waals surface area contributed by atoms with E-state index in [9.17, 15) is 0 Å². The van der Waals surface area contributed by atoms with E-state index < -0.39 is 0 Å². The molecule has 0 bridgehead atoms. The molecule has 2 unspecified atom stereocenters. The minimum absolute atomic E-state index is 0.390. The maximum Gasteiger partial charge on any atom is 0.0279 e. The van der Waals surface area contributed by atoms with E-state index in [1.54, 1.807) is 0 Å². The van der Waals surface area contributed by atoms with Gasteiger partial charge in [-0.1, -0.05) is 45.2 Å². The van der Waals surface area contributed by atoms with Crippen LogP contribution in [0.25, 0.3) is 0 Å². The maximum absolute atomic E-state index is 5.75. The number of halogens is 1. The Balaban J connectivity index is 2.61. The third-order valence-corrected chi connectivity index (χ3v) is 4.32. The minimum Gasteiger partial charge on any atom is -0.271 e. The fourth-order valence-electron chi connectivity index (χ4n) is 2.39. The molecule has 0 amide bonds. The summed E-state index contributed by atoms with van der Waals surface area (Å²) in [5.74, 6) is 6.42. The van der Waals surface area contributed by atoms with E-state index in [4.69, 9.17) is 5.84 Å². The topological polar surface area (TPSA) is 38.0 Å². The monoisotopic (exact) mass is 360 g/mol. The highest BCUT2D eigenvalue weighted by Crippen LogP contribution is 2.20. The van der Waals surface area contributed by atoms with Crippen LogP contribution in [-0.4, -0.2) is 6.04 Å². The summed E-state index contributed by atoms with van der Waals surface area (Å²) >= 11 is 2.34. The lowest BCUT2D eigenvalue weighted by Gasteiger charge is -2.25. The van der Waals surface area contributed by atoms with Gasteiger partial charge >= 0.3 is 0 Å². The standard InChI is InChI=1S/C15H25IN2/c1-3-5-6-13(4-2)15(18-17)11-12-7-9-14(16)10-8-12/h7-10,13,15,18H,3-6,11,17H2,1-2H3. The van der Waals surface area contributed by atoms with Gasteiger partial charge in [0.25, 0.3) is 0 Å². The van der Waals surface area contributed by atoms with Gasteiger partial charge in [0.1, 0.15) is 0 Å². The molecule has 0 saturated carbocycles. The zero-order chi connectivity index (χ0) is 13.4. The summed E-state index contributed by atoms with van der Waals surface area (Å²) in [6.07, 6.45) is 6.04. The first kappa shape index (κ1) is 15.9. The quantitative estimate of drug-likeness (QED) is 0.419. The molecule has 0 fully saturated rings. The van der Waals surface area contributed by atoms with Gasteiger partial charge in [-0.05, 0) is 59.0 Å². The normalized spacial score (nSPS) is 14.4. The lowest BCUT2D eigenvalue weighted by molar-refractivity contribution is 0.318. The van der Waals surface area contributed by atoms with E-state index in [2.05, 4.69) is 66.1 Å². The summed E-state index contributed by atoms with van der Waals surface area (Å²) < 4.78 is 1.28. The molecule has 3 N–H and O–H groups in total. The maximum atomic E-state index is 5.75. The molecule has 2 atom stereocenters. The number of unbranched alkanes of at least 4 members (excludes halogenated alkanes) is 1. The second-order valence-electron chi connectivity index (χ2n) is 4.91. The predicted molar refractivity (Wildman–Crippen MR) is 87.3 cm³/mol. The summed E-state index contributed by atoms with van der Waals surface area (Å²) in [4.78, 5) is 0. The number of hydrazine groups is 1. The molecule has 0 aliphatic carbocycles. The average molecular weight is 360 g/mol. The summed E-state index contributed by atoms with van der Waals surface area (Å²) in [6.45, 7) is 4.51. The number of nitrogens with two attached hydrogens (primary N) is 1. The van der Waals surface area contributed by atoms with Crippen molar-refractivity contribution in [1.82, 2.24) is 5.43 Å². The highest BCUT2D eigenvalue weighted by Gasteiger charge is 2.18. The van der Waals surface area contributed by atoms with E-state index in [0.717, 1.165) is 6.42 Å². The number of hydrogen-bond acceptors (Lipinski definition) is 2. The number of hydrogen-bond donors (Lipinski definition) is 2. The molecule has 3 heteroatoms. The molecule has 1 rings (SSSR count). The lowest BCUT2D eigenvalue weighted by atomic mass is 9.88. The Morgan fingerprint density at radius 2 is 1.89 bits per heavy atom. The van der Waals surface area contributed by atoms with Gasteiger partial charge in [-0.3, -0.25) is 11.3 Å². The molecular formula is C15H25IN2. The molecule has 18 heavy (non-hydrogen) atoms. The van der Waals surface area contributed by atoms with Crippen molar-refractivity contribution in [2.75, 3.05) is 0 Å². The first-order valence-electron chi connectivity index (χ1n) is 6.91. The van der Waals surface area contributed by atoms with Crippen LogP contribution in [0, 0.1) is 9.49 Å². The van der Waals surface area contributed by atoms with Crippen molar-refractivity contribution in [2.45, 2.75) is 52.0 Å². The Bertz CT molecular complexity index is 324. The lowest BCUT2D eigenvalue weighted by Crippen LogP contribution is -2.42. The van der Waals surface area contributed by atoms with Crippen LogP contribution < -0.4 is 11.3 Å². The molecule has 1 aromatic rings. The molecule has 2 nitrogen and oxygen atoms in total. The zero-order valence-electron chi connectivity index (χ0n) is 11.5. The average Bonchev–Trinajstić information content (AvgIpc) is 2.40. The van der Waals surface area contributed by atoms with Crippen LogP contribution >= 0.6 is 22.6 Å². The smallest absolute Gasteiger partial charge is 0.0279 e. The van der Waals surface area contributed by atoms with Crippen molar-refractivity contribution >= 4 is 22.6 Å². The second-order valence-corrected chi connectivity index (χ2v) is 6.16. The molecule has 1 aromatic carbocycles. The summed E-state index contributed by atoms with van der Waals surface area (Å²) in [6, 6.07) is 9.13. The van der Waals surface area contributed by atoms with Gasteiger partial charge in [0.05, 0.1) is 0 Å². The van der Waals surface area contributed by atoms with Crippen molar-refractivity contribution in [3.8, 4) is 0 Å². The molecule has 0 heterocycles. The number of benzene rings is 1. The molecule has 0 saturated heterocycles. The molecule has 0 radical (unpaired) electrons. The first-order chi connectivity index (χ1) is 8.71. The fraction of sp³-hybridized carbons (Fsp3) is 0.600. The fourth-order valence-corrected chi connectivity index (χ4v) is 2.75. The summed E-state index contributed by atoms with van der Waals surface area (Å²) in [5.41, 5.74) is 4.39.